The molecule has 0 aliphatic carbocycles. The Morgan fingerprint density at radius 3 is 2.35 bits per heavy atom. The molecule has 4 rings (SSSR count). The number of Topliss-reactive ketones (excluding diaryl/α,β-unsaturated/α-hetero) is 1. The van der Waals surface area contributed by atoms with Crippen molar-refractivity contribution in [3.8, 4) is 11.5 Å². The second kappa shape index (κ2) is 14.1. The lowest BCUT2D eigenvalue weighted by molar-refractivity contribution is -0.145. The second-order valence-electron chi connectivity index (χ2n) is 11.4. The van der Waals surface area contributed by atoms with Crippen molar-refractivity contribution in [2.45, 2.75) is 59.4 Å². The van der Waals surface area contributed by atoms with Gasteiger partial charge in [0.05, 0.1) is 25.4 Å². The number of ketones is 1. The van der Waals surface area contributed by atoms with Gasteiger partial charge in [0.2, 0.25) is 0 Å². The van der Waals surface area contributed by atoms with Crippen molar-refractivity contribution in [2.24, 2.45) is 0 Å². The Morgan fingerprint density at radius 1 is 1.05 bits per heavy atom. The predicted molar refractivity (Wildman–Crippen MR) is 166 cm³/mol. The van der Waals surface area contributed by atoms with E-state index in [1.807, 2.05) is 39.8 Å². The minimum atomic E-state index is -0.447. The maximum atomic E-state index is 13.8. The fourth-order valence-electron chi connectivity index (χ4n) is 5.25. The number of nitrogens with one attached hydrogen (secondary N) is 2. The number of rotatable bonds is 11. The maximum absolute atomic E-state index is 13.8. The normalized spacial score (nSPS) is 14.2. The first-order valence-corrected chi connectivity index (χ1v) is 14.5. The smallest absolute Gasteiger partial charge is 0.344 e. The van der Waals surface area contributed by atoms with Gasteiger partial charge in [0, 0.05) is 43.4 Å². The third-order valence-electron chi connectivity index (χ3n) is 7.33. The Bertz CT molecular complexity index is 1380. The zero-order valence-corrected chi connectivity index (χ0v) is 26.6. The van der Waals surface area contributed by atoms with Gasteiger partial charge in [0.25, 0.3) is 5.91 Å². The number of ether oxygens (including phenoxy) is 3. The molecule has 43 heavy (non-hydrogen) atoms. The van der Waals surface area contributed by atoms with E-state index in [1.165, 1.54) is 7.05 Å². The fourth-order valence-corrected chi connectivity index (χ4v) is 5.25. The number of anilines is 1. The molecule has 0 spiro atoms. The number of aromatic nitrogens is 1. The van der Waals surface area contributed by atoms with Gasteiger partial charge >= 0.3 is 5.97 Å². The van der Waals surface area contributed by atoms with E-state index in [1.54, 1.807) is 17.9 Å². The first-order chi connectivity index (χ1) is 20.0. The largest absolute Gasteiger partial charge is 0.491 e. The summed E-state index contributed by atoms with van der Waals surface area (Å²) in [6.45, 7) is 12.0. The quantitative estimate of drug-likeness (QED) is 0.283. The van der Waals surface area contributed by atoms with Crippen LogP contribution in [0.5, 0.6) is 11.5 Å². The molecule has 2 aliphatic rings. The van der Waals surface area contributed by atoms with Crippen molar-refractivity contribution in [2.75, 3.05) is 51.4 Å². The van der Waals surface area contributed by atoms with E-state index in [-0.39, 0.29) is 54.9 Å². The molecule has 0 saturated carbocycles. The van der Waals surface area contributed by atoms with Gasteiger partial charge in [-0.25, -0.2) is 9.78 Å². The van der Waals surface area contributed by atoms with E-state index in [4.69, 9.17) is 19.6 Å². The Balaban J connectivity index is 0.00000506. The molecule has 0 radical (unpaired) electrons. The van der Waals surface area contributed by atoms with Crippen LogP contribution >= 0.6 is 12.4 Å². The lowest BCUT2D eigenvalue weighted by Gasteiger charge is -2.29. The maximum Gasteiger partial charge on any atom is 0.344 e. The van der Waals surface area contributed by atoms with Crippen molar-refractivity contribution in [1.29, 1.82) is 5.41 Å². The highest BCUT2D eigenvalue weighted by molar-refractivity contribution is 6.06. The van der Waals surface area contributed by atoms with E-state index < -0.39 is 11.9 Å². The van der Waals surface area contributed by atoms with E-state index in [9.17, 15) is 14.4 Å². The molecule has 1 aromatic carbocycles. The molecule has 12 heteroatoms. The molecule has 2 N–H and O–H groups in total. The van der Waals surface area contributed by atoms with Gasteiger partial charge in [-0.3, -0.25) is 15.0 Å². The molecular formula is C31H42ClN5O6. The Hall–Kier alpha value is -3.86. The fraction of sp³-hybridized carbons (Fsp3) is 0.516. The van der Waals surface area contributed by atoms with Gasteiger partial charge in [-0.2, -0.15) is 0 Å². The van der Waals surface area contributed by atoms with Crippen LogP contribution in [-0.2, 0) is 21.5 Å². The zero-order valence-electron chi connectivity index (χ0n) is 25.8. The van der Waals surface area contributed by atoms with Gasteiger partial charge in [-0.15, -0.1) is 12.4 Å². The van der Waals surface area contributed by atoms with Crippen molar-refractivity contribution in [3.63, 3.8) is 0 Å². The first kappa shape index (κ1) is 33.6. The van der Waals surface area contributed by atoms with Gasteiger partial charge in [0.15, 0.2) is 23.8 Å². The van der Waals surface area contributed by atoms with E-state index in [0.717, 1.165) is 42.7 Å². The summed E-state index contributed by atoms with van der Waals surface area (Å²) in [6.07, 6.45) is 2.05. The number of fused-ring (bicyclic) bond motifs is 1. The zero-order chi connectivity index (χ0) is 30.6. The van der Waals surface area contributed by atoms with Crippen molar-refractivity contribution >= 4 is 41.6 Å². The molecule has 0 unspecified atom stereocenters. The summed E-state index contributed by atoms with van der Waals surface area (Å²) in [5, 5.41) is 11.3. The average Bonchev–Trinajstić information content (AvgIpc) is 3.59. The van der Waals surface area contributed by atoms with Crippen molar-refractivity contribution in [3.05, 3.63) is 46.3 Å². The van der Waals surface area contributed by atoms with E-state index >= 15 is 0 Å². The Labute approximate surface area is 259 Å². The molecule has 1 saturated heterocycles. The summed E-state index contributed by atoms with van der Waals surface area (Å²) in [5.41, 5.74) is 2.91. The molecule has 1 aromatic heterocycles. The lowest BCUT2D eigenvalue weighted by Crippen LogP contribution is -2.31. The minimum Gasteiger partial charge on any atom is -0.491 e. The van der Waals surface area contributed by atoms with Crippen LogP contribution in [0.2, 0.25) is 0 Å². The molecule has 11 nitrogen and oxygen atoms in total. The number of esters is 1. The number of carbonyl (C=O) groups excluding carboxylic acids is 3. The Kier molecular flexibility index (Phi) is 11.0. The van der Waals surface area contributed by atoms with Crippen LogP contribution in [0.15, 0.2) is 18.2 Å². The minimum absolute atomic E-state index is 0. The monoisotopic (exact) mass is 615 g/mol. The number of hydrogen-bond acceptors (Lipinski definition) is 9. The lowest BCUT2D eigenvalue weighted by atomic mass is 9.84. The molecule has 0 bridgehead atoms. The molecular weight excluding hydrogens is 574 g/mol. The highest BCUT2D eigenvalue weighted by Crippen LogP contribution is 2.42. The third-order valence-corrected chi connectivity index (χ3v) is 7.33. The highest BCUT2D eigenvalue weighted by Gasteiger charge is 2.33. The third kappa shape index (κ3) is 7.38. The predicted octanol–water partition coefficient (Wildman–Crippen LogP) is 4.13. The summed E-state index contributed by atoms with van der Waals surface area (Å²) in [7, 11) is 1.51. The van der Waals surface area contributed by atoms with Crippen LogP contribution in [0.3, 0.4) is 0 Å². The van der Waals surface area contributed by atoms with Crippen LogP contribution in [0.25, 0.3) is 0 Å². The van der Waals surface area contributed by atoms with Crippen LogP contribution in [0.1, 0.15) is 85.1 Å². The van der Waals surface area contributed by atoms with Gasteiger partial charge < -0.3 is 29.3 Å². The van der Waals surface area contributed by atoms with E-state index in [0.29, 0.717) is 35.9 Å². The molecule has 2 aromatic rings. The number of halogens is 1. The summed E-state index contributed by atoms with van der Waals surface area (Å²) in [4.78, 5) is 46.7. The van der Waals surface area contributed by atoms with E-state index in [2.05, 4.69) is 15.2 Å². The van der Waals surface area contributed by atoms with Crippen LogP contribution < -0.4 is 19.7 Å². The number of benzene rings is 1. The SMILES string of the molecule is CCOC(=O)COc1c(N2CCCC2)cc(C(=O)CN2Cc3cc(OCC)c(C(=O)NC)nc3C2=N)cc1C(C)(C)C.Cl. The van der Waals surface area contributed by atoms with Crippen LogP contribution in [0, 0.1) is 5.41 Å². The molecule has 3 heterocycles. The summed E-state index contributed by atoms with van der Waals surface area (Å²) >= 11 is 0. The molecule has 1 amide bonds. The summed E-state index contributed by atoms with van der Waals surface area (Å²) in [6, 6.07) is 5.41. The molecule has 2 aliphatic heterocycles. The number of nitrogens with zero attached hydrogens (tertiary/aromatic N) is 3. The van der Waals surface area contributed by atoms with Gasteiger partial charge in [0.1, 0.15) is 17.3 Å². The van der Waals surface area contributed by atoms with Gasteiger partial charge in [-0.05, 0) is 50.3 Å². The standard InChI is InChI=1S/C31H41N5O6.ClH/c1-7-40-24-15-20-16-36(29(32)26(20)34-27(24)30(39)33-6)17-23(37)19-13-21(31(3,4)5)28(42-18-25(38)41-8-2)22(14-19)35-11-9-10-12-35;/h13-15,32H,7-12,16-18H2,1-6H3,(H,33,39);1H. The van der Waals surface area contributed by atoms with Crippen LogP contribution in [-0.4, -0.2) is 79.9 Å². The molecule has 1 fully saturated rings. The number of hydrogen-bond donors (Lipinski definition) is 2. The second-order valence-corrected chi connectivity index (χ2v) is 11.4. The van der Waals surface area contributed by atoms with Crippen molar-refractivity contribution in [1.82, 2.24) is 15.2 Å². The molecule has 0 atom stereocenters. The summed E-state index contributed by atoms with van der Waals surface area (Å²) in [5.74, 6) is 0.00388. The number of carbonyl (C=O) groups is 3. The molecule has 234 valence electrons. The van der Waals surface area contributed by atoms with Gasteiger partial charge in [-0.1, -0.05) is 20.8 Å². The highest BCUT2D eigenvalue weighted by atomic mass is 35.5. The number of amides is 1. The van der Waals surface area contributed by atoms with Crippen LogP contribution in [0.4, 0.5) is 5.69 Å². The average molecular weight is 616 g/mol. The topological polar surface area (TPSA) is 134 Å². The Morgan fingerprint density at radius 2 is 1.74 bits per heavy atom. The first-order valence-electron chi connectivity index (χ1n) is 14.5. The number of pyridine rings is 1. The van der Waals surface area contributed by atoms with Crippen molar-refractivity contribution < 1.29 is 28.6 Å². The summed E-state index contributed by atoms with van der Waals surface area (Å²) < 4.78 is 16.8. The number of amidine groups is 1.